The summed E-state index contributed by atoms with van der Waals surface area (Å²) in [7, 11) is 3.10. The van der Waals surface area contributed by atoms with E-state index in [4.69, 9.17) is 21.1 Å². The standard InChI is InChI=1S/C21H23ClN2O4/c1-27-16-11-14(12-17(13-16)28-2)21(26)24-9-7-15(8-10-24)23-20(25)18-5-3-4-6-19(18)22/h3-6,11-13,15H,7-10H2,1-2H3,(H,23,25). The lowest BCUT2D eigenvalue weighted by Crippen LogP contribution is -2.46. The molecule has 0 unspecified atom stereocenters. The molecule has 1 aliphatic heterocycles. The molecular formula is C21H23ClN2O4. The highest BCUT2D eigenvalue weighted by Gasteiger charge is 2.26. The molecule has 0 saturated carbocycles. The smallest absolute Gasteiger partial charge is 0.254 e. The van der Waals surface area contributed by atoms with Crippen LogP contribution < -0.4 is 14.8 Å². The van der Waals surface area contributed by atoms with Crippen molar-refractivity contribution in [2.45, 2.75) is 18.9 Å². The lowest BCUT2D eigenvalue weighted by atomic mass is 10.0. The van der Waals surface area contributed by atoms with Crippen LogP contribution in [0, 0.1) is 0 Å². The zero-order chi connectivity index (χ0) is 20.1. The van der Waals surface area contributed by atoms with E-state index in [1.807, 2.05) is 0 Å². The Hall–Kier alpha value is -2.73. The maximum absolute atomic E-state index is 12.8. The second-order valence-electron chi connectivity index (χ2n) is 6.62. The third-order valence-corrected chi connectivity index (χ3v) is 5.16. The SMILES string of the molecule is COc1cc(OC)cc(C(=O)N2CCC(NC(=O)c3ccccc3Cl)CC2)c1. The van der Waals surface area contributed by atoms with Gasteiger partial charge in [-0.2, -0.15) is 0 Å². The average Bonchev–Trinajstić information content (AvgIpc) is 2.73. The van der Waals surface area contributed by atoms with Crippen LogP contribution >= 0.6 is 11.6 Å². The van der Waals surface area contributed by atoms with Crippen LogP contribution in [-0.4, -0.2) is 50.1 Å². The Morgan fingerprint density at radius 2 is 1.64 bits per heavy atom. The fourth-order valence-corrected chi connectivity index (χ4v) is 3.47. The predicted molar refractivity (Wildman–Crippen MR) is 107 cm³/mol. The summed E-state index contributed by atoms with van der Waals surface area (Å²) < 4.78 is 10.5. The van der Waals surface area contributed by atoms with Crippen LogP contribution in [0.5, 0.6) is 11.5 Å². The molecule has 0 bridgehead atoms. The summed E-state index contributed by atoms with van der Waals surface area (Å²) in [4.78, 5) is 27.0. The summed E-state index contributed by atoms with van der Waals surface area (Å²) in [6.45, 7) is 1.12. The lowest BCUT2D eigenvalue weighted by Gasteiger charge is -2.32. The van der Waals surface area contributed by atoms with E-state index in [0.717, 1.165) is 0 Å². The van der Waals surface area contributed by atoms with Crippen LogP contribution in [-0.2, 0) is 0 Å². The summed E-state index contributed by atoms with van der Waals surface area (Å²) in [6.07, 6.45) is 1.37. The second-order valence-corrected chi connectivity index (χ2v) is 7.03. The van der Waals surface area contributed by atoms with Gasteiger partial charge >= 0.3 is 0 Å². The number of halogens is 1. The molecule has 6 nitrogen and oxygen atoms in total. The number of carbonyl (C=O) groups excluding carboxylic acids is 2. The van der Waals surface area contributed by atoms with Crippen LogP contribution in [0.4, 0.5) is 0 Å². The van der Waals surface area contributed by atoms with Crippen molar-refractivity contribution >= 4 is 23.4 Å². The van der Waals surface area contributed by atoms with E-state index in [1.54, 1.807) is 61.6 Å². The molecule has 3 rings (SSSR count). The topological polar surface area (TPSA) is 67.9 Å². The molecular weight excluding hydrogens is 380 g/mol. The Kier molecular flexibility index (Phi) is 6.41. The molecule has 1 fully saturated rings. The number of carbonyl (C=O) groups is 2. The number of hydrogen-bond donors (Lipinski definition) is 1. The van der Waals surface area contributed by atoms with Gasteiger partial charge in [-0.25, -0.2) is 0 Å². The highest BCUT2D eigenvalue weighted by Crippen LogP contribution is 2.24. The molecule has 28 heavy (non-hydrogen) atoms. The zero-order valence-electron chi connectivity index (χ0n) is 15.9. The first-order valence-corrected chi connectivity index (χ1v) is 9.47. The van der Waals surface area contributed by atoms with E-state index < -0.39 is 0 Å². The summed E-state index contributed by atoms with van der Waals surface area (Å²) in [5, 5.41) is 3.44. The van der Waals surface area contributed by atoms with Gasteiger partial charge in [-0.15, -0.1) is 0 Å². The molecule has 7 heteroatoms. The quantitative estimate of drug-likeness (QED) is 0.832. The van der Waals surface area contributed by atoms with E-state index in [0.29, 0.717) is 53.6 Å². The van der Waals surface area contributed by atoms with Gasteiger partial charge in [0.2, 0.25) is 0 Å². The first-order chi connectivity index (χ1) is 13.5. The number of amides is 2. The number of rotatable bonds is 5. The molecule has 1 N–H and O–H groups in total. The summed E-state index contributed by atoms with van der Waals surface area (Å²) in [5.74, 6) is 0.884. The average molecular weight is 403 g/mol. The van der Waals surface area contributed by atoms with Crippen molar-refractivity contribution < 1.29 is 19.1 Å². The van der Waals surface area contributed by atoms with Crippen LogP contribution in [0.1, 0.15) is 33.6 Å². The normalized spacial score (nSPS) is 14.5. The number of benzene rings is 2. The minimum atomic E-state index is -0.187. The van der Waals surface area contributed by atoms with Crippen molar-refractivity contribution in [3.63, 3.8) is 0 Å². The Morgan fingerprint density at radius 3 is 2.21 bits per heavy atom. The monoisotopic (exact) mass is 402 g/mol. The van der Waals surface area contributed by atoms with Gasteiger partial charge in [0.1, 0.15) is 11.5 Å². The molecule has 2 amide bonds. The molecule has 0 spiro atoms. The van der Waals surface area contributed by atoms with Gasteiger partial charge in [0.05, 0.1) is 24.8 Å². The van der Waals surface area contributed by atoms with Crippen LogP contribution in [0.15, 0.2) is 42.5 Å². The van der Waals surface area contributed by atoms with Crippen LogP contribution in [0.2, 0.25) is 5.02 Å². The van der Waals surface area contributed by atoms with Crippen molar-refractivity contribution in [1.29, 1.82) is 0 Å². The third kappa shape index (κ3) is 4.57. The number of piperidine rings is 1. The van der Waals surface area contributed by atoms with E-state index in [-0.39, 0.29) is 17.9 Å². The number of likely N-dealkylation sites (tertiary alicyclic amines) is 1. The Balaban J connectivity index is 1.60. The van der Waals surface area contributed by atoms with Gasteiger partial charge < -0.3 is 19.7 Å². The van der Waals surface area contributed by atoms with Gasteiger partial charge in [-0.05, 0) is 37.1 Å². The van der Waals surface area contributed by atoms with Gasteiger partial charge in [0.15, 0.2) is 0 Å². The van der Waals surface area contributed by atoms with Crippen LogP contribution in [0.25, 0.3) is 0 Å². The molecule has 0 radical (unpaired) electrons. The minimum Gasteiger partial charge on any atom is -0.497 e. The van der Waals surface area contributed by atoms with Crippen LogP contribution in [0.3, 0.4) is 0 Å². The largest absolute Gasteiger partial charge is 0.497 e. The molecule has 0 aromatic heterocycles. The molecule has 0 aliphatic carbocycles. The maximum atomic E-state index is 12.8. The second kappa shape index (κ2) is 8.97. The molecule has 2 aromatic carbocycles. The maximum Gasteiger partial charge on any atom is 0.254 e. The summed E-state index contributed by atoms with van der Waals surface area (Å²) in [5.41, 5.74) is 0.987. The highest BCUT2D eigenvalue weighted by atomic mass is 35.5. The third-order valence-electron chi connectivity index (χ3n) is 4.83. The molecule has 1 heterocycles. The number of methoxy groups -OCH3 is 2. The van der Waals surface area contributed by atoms with Crippen molar-refractivity contribution in [3.05, 3.63) is 58.6 Å². The molecule has 148 valence electrons. The van der Waals surface area contributed by atoms with Gasteiger partial charge in [0, 0.05) is 30.8 Å². The van der Waals surface area contributed by atoms with E-state index in [2.05, 4.69) is 5.32 Å². The Morgan fingerprint density at radius 1 is 1.04 bits per heavy atom. The Labute approximate surface area is 169 Å². The summed E-state index contributed by atoms with van der Waals surface area (Å²) in [6, 6.07) is 12.1. The summed E-state index contributed by atoms with van der Waals surface area (Å²) >= 11 is 6.08. The Bertz CT molecular complexity index is 841. The molecule has 0 atom stereocenters. The van der Waals surface area contributed by atoms with Gasteiger partial charge in [-0.1, -0.05) is 23.7 Å². The highest BCUT2D eigenvalue weighted by molar-refractivity contribution is 6.33. The van der Waals surface area contributed by atoms with E-state index in [9.17, 15) is 9.59 Å². The van der Waals surface area contributed by atoms with Crippen molar-refractivity contribution in [3.8, 4) is 11.5 Å². The van der Waals surface area contributed by atoms with Crippen molar-refractivity contribution in [2.24, 2.45) is 0 Å². The van der Waals surface area contributed by atoms with Crippen molar-refractivity contribution in [1.82, 2.24) is 10.2 Å². The first-order valence-electron chi connectivity index (χ1n) is 9.09. The molecule has 1 aliphatic rings. The minimum absolute atomic E-state index is 0.00710. The fourth-order valence-electron chi connectivity index (χ4n) is 3.25. The van der Waals surface area contributed by atoms with Gasteiger partial charge in [-0.3, -0.25) is 9.59 Å². The van der Waals surface area contributed by atoms with Crippen molar-refractivity contribution in [2.75, 3.05) is 27.3 Å². The molecule has 2 aromatic rings. The van der Waals surface area contributed by atoms with E-state index in [1.165, 1.54) is 0 Å². The van der Waals surface area contributed by atoms with Gasteiger partial charge in [0.25, 0.3) is 11.8 Å². The predicted octanol–water partition coefficient (Wildman–Crippen LogP) is 3.39. The molecule has 1 saturated heterocycles. The number of ether oxygens (including phenoxy) is 2. The first kappa shape index (κ1) is 20.0. The zero-order valence-corrected chi connectivity index (χ0v) is 16.7. The number of hydrogen-bond acceptors (Lipinski definition) is 4. The number of nitrogens with zero attached hydrogens (tertiary/aromatic N) is 1. The number of nitrogens with one attached hydrogen (secondary N) is 1. The lowest BCUT2D eigenvalue weighted by molar-refractivity contribution is 0.0697. The fraction of sp³-hybridized carbons (Fsp3) is 0.333. The van der Waals surface area contributed by atoms with E-state index >= 15 is 0 Å².